The Morgan fingerprint density at radius 2 is 2.16 bits per heavy atom. The second-order valence-corrected chi connectivity index (χ2v) is 4.09. The fourth-order valence-electron chi connectivity index (χ4n) is 1.78. The Labute approximate surface area is 108 Å². The average molecular weight is 282 g/mol. The molecule has 1 heterocycles. The molecule has 1 aliphatic heterocycles. The van der Waals surface area contributed by atoms with E-state index in [1.807, 2.05) is 0 Å². The molecule has 2 amide bonds. The van der Waals surface area contributed by atoms with Crippen LogP contribution in [-0.4, -0.2) is 72.0 Å². The van der Waals surface area contributed by atoms with Gasteiger partial charge in [0.05, 0.1) is 12.7 Å². The van der Waals surface area contributed by atoms with E-state index in [1.165, 1.54) is 0 Å². The van der Waals surface area contributed by atoms with E-state index in [0.29, 0.717) is 0 Å². The Bertz CT molecular complexity index is 329. The first kappa shape index (κ1) is 15.6. The molecular formula is C10H16F2N2O5. The maximum atomic E-state index is 11.7. The molecule has 0 aliphatic carbocycles. The van der Waals surface area contributed by atoms with Gasteiger partial charge in [-0.2, -0.15) is 0 Å². The number of aliphatic carboxylic acids is 1. The summed E-state index contributed by atoms with van der Waals surface area (Å²) < 4.78 is 28.0. The average Bonchev–Trinajstić information content (AvgIpc) is 2.70. The van der Waals surface area contributed by atoms with E-state index in [4.69, 9.17) is 5.11 Å². The summed E-state index contributed by atoms with van der Waals surface area (Å²) in [6.45, 7) is -0.883. The summed E-state index contributed by atoms with van der Waals surface area (Å²) in [6, 6.07) is -1.73. The summed E-state index contributed by atoms with van der Waals surface area (Å²) >= 11 is 0. The number of carbonyl (C=O) groups is 2. The van der Waals surface area contributed by atoms with Crippen LogP contribution in [0.5, 0.6) is 0 Å². The number of carboxylic acid groups (broad SMARTS) is 1. The number of ether oxygens (including phenoxy) is 1. The van der Waals surface area contributed by atoms with Crippen molar-refractivity contribution >= 4 is 12.0 Å². The minimum Gasteiger partial charge on any atom is -0.480 e. The van der Waals surface area contributed by atoms with Gasteiger partial charge in [-0.1, -0.05) is 0 Å². The Hall–Kier alpha value is -1.48. The number of aliphatic hydroxyl groups is 1. The van der Waals surface area contributed by atoms with E-state index in [9.17, 15) is 23.5 Å². The quantitative estimate of drug-likeness (QED) is 0.570. The number of aliphatic hydroxyl groups excluding tert-OH is 1. The monoisotopic (exact) mass is 282 g/mol. The smallest absolute Gasteiger partial charge is 0.326 e. The van der Waals surface area contributed by atoms with Crippen LogP contribution in [0, 0.1) is 0 Å². The van der Waals surface area contributed by atoms with Crippen LogP contribution in [-0.2, 0) is 9.53 Å². The van der Waals surface area contributed by atoms with Crippen LogP contribution in [0.4, 0.5) is 13.6 Å². The third-order valence-electron chi connectivity index (χ3n) is 2.59. The van der Waals surface area contributed by atoms with Crippen LogP contribution in [0.25, 0.3) is 0 Å². The molecule has 0 bridgehead atoms. The van der Waals surface area contributed by atoms with Crippen molar-refractivity contribution in [3.8, 4) is 0 Å². The van der Waals surface area contributed by atoms with Gasteiger partial charge >= 0.3 is 12.0 Å². The van der Waals surface area contributed by atoms with Crippen molar-refractivity contribution in [2.75, 3.05) is 26.3 Å². The number of carbonyl (C=O) groups excluding carboxylic acids is 1. The number of urea groups is 1. The van der Waals surface area contributed by atoms with Gasteiger partial charge in [0.25, 0.3) is 6.43 Å². The van der Waals surface area contributed by atoms with Crippen LogP contribution in [0.2, 0.25) is 0 Å². The molecule has 3 N–H and O–H groups in total. The van der Waals surface area contributed by atoms with Crippen LogP contribution in [0.15, 0.2) is 0 Å². The third-order valence-corrected chi connectivity index (χ3v) is 2.59. The van der Waals surface area contributed by atoms with Gasteiger partial charge in [0.15, 0.2) is 0 Å². The summed E-state index contributed by atoms with van der Waals surface area (Å²) in [5, 5.41) is 20.6. The molecule has 110 valence electrons. The zero-order chi connectivity index (χ0) is 14.4. The standard InChI is InChI=1S/C10H16F2N2O5/c11-8(12)5-19-2-1-13-10(18)14-4-6(15)3-7(14)9(16)17/h6-8,15H,1-5H2,(H,13,18)(H,16,17)/t6-,7-/m1/s1. The third kappa shape index (κ3) is 4.95. The molecule has 9 heteroatoms. The Morgan fingerprint density at radius 1 is 1.47 bits per heavy atom. The van der Waals surface area contributed by atoms with Crippen molar-refractivity contribution in [3.05, 3.63) is 0 Å². The van der Waals surface area contributed by atoms with E-state index in [-0.39, 0.29) is 26.1 Å². The van der Waals surface area contributed by atoms with Gasteiger partial charge in [0.2, 0.25) is 0 Å². The molecule has 1 saturated heterocycles. The highest BCUT2D eigenvalue weighted by Gasteiger charge is 2.38. The maximum absolute atomic E-state index is 11.7. The number of halogens is 2. The number of likely N-dealkylation sites (tertiary alicyclic amines) is 1. The van der Waals surface area contributed by atoms with Gasteiger partial charge in [-0.15, -0.1) is 0 Å². The van der Waals surface area contributed by atoms with Crippen molar-refractivity contribution < 1.29 is 33.3 Å². The number of alkyl halides is 2. The largest absolute Gasteiger partial charge is 0.480 e. The van der Waals surface area contributed by atoms with E-state index in [2.05, 4.69) is 10.1 Å². The van der Waals surface area contributed by atoms with E-state index in [0.717, 1.165) is 4.90 Å². The number of nitrogens with zero attached hydrogens (tertiary/aromatic N) is 1. The summed E-state index contributed by atoms with van der Waals surface area (Å²) in [5.41, 5.74) is 0. The second kappa shape index (κ2) is 7.19. The highest BCUT2D eigenvalue weighted by Crippen LogP contribution is 2.17. The normalized spacial score (nSPS) is 22.8. The Morgan fingerprint density at radius 3 is 2.74 bits per heavy atom. The first-order chi connectivity index (χ1) is 8.91. The predicted octanol–water partition coefficient (Wildman–Crippen LogP) is -0.502. The highest BCUT2D eigenvalue weighted by molar-refractivity contribution is 5.83. The maximum Gasteiger partial charge on any atom is 0.326 e. The SMILES string of the molecule is O=C(O)[C@H]1C[C@@H](O)CN1C(=O)NCCOCC(F)F. The minimum absolute atomic E-state index is 0.00944. The molecule has 0 saturated carbocycles. The topological polar surface area (TPSA) is 99.1 Å². The van der Waals surface area contributed by atoms with Gasteiger partial charge in [0.1, 0.15) is 12.6 Å². The number of β-amino-alcohol motifs (C(OH)–C–C–N with tert-alkyl or cyclic N) is 1. The molecule has 0 aromatic rings. The molecule has 7 nitrogen and oxygen atoms in total. The fourth-order valence-corrected chi connectivity index (χ4v) is 1.78. The molecular weight excluding hydrogens is 266 g/mol. The van der Waals surface area contributed by atoms with Crippen LogP contribution < -0.4 is 5.32 Å². The van der Waals surface area contributed by atoms with E-state index in [1.54, 1.807) is 0 Å². The molecule has 1 fully saturated rings. The van der Waals surface area contributed by atoms with Gasteiger partial charge < -0.3 is 25.2 Å². The number of carboxylic acids is 1. The highest BCUT2D eigenvalue weighted by atomic mass is 19.3. The number of hydrogen-bond acceptors (Lipinski definition) is 4. The van der Waals surface area contributed by atoms with Crippen molar-refractivity contribution in [3.63, 3.8) is 0 Å². The summed E-state index contributed by atoms with van der Waals surface area (Å²) in [5.74, 6) is -1.19. The summed E-state index contributed by atoms with van der Waals surface area (Å²) in [4.78, 5) is 23.5. The lowest BCUT2D eigenvalue weighted by molar-refractivity contribution is -0.141. The number of rotatable bonds is 6. The van der Waals surface area contributed by atoms with Gasteiger partial charge in [-0.3, -0.25) is 0 Å². The molecule has 1 rings (SSSR count). The van der Waals surface area contributed by atoms with Gasteiger partial charge in [-0.05, 0) is 0 Å². The molecule has 2 atom stereocenters. The number of hydrogen-bond donors (Lipinski definition) is 3. The zero-order valence-corrected chi connectivity index (χ0v) is 10.1. The summed E-state index contributed by atoms with van der Waals surface area (Å²) in [6.07, 6.45) is -3.47. The van der Waals surface area contributed by atoms with Gasteiger partial charge in [-0.25, -0.2) is 18.4 Å². The van der Waals surface area contributed by atoms with E-state index < -0.39 is 37.2 Å². The predicted molar refractivity (Wildman–Crippen MR) is 59.0 cm³/mol. The van der Waals surface area contributed by atoms with Crippen molar-refractivity contribution in [1.29, 1.82) is 0 Å². The Balaban J connectivity index is 2.30. The second-order valence-electron chi connectivity index (χ2n) is 4.09. The van der Waals surface area contributed by atoms with E-state index >= 15 is 0 Å². The minimum atomic E-state index is -2.57. The molecule has 19 heavy (non-hydrogen) atoms. The summed E-state index contributed by atoms with van der Waals surface area (Å²) in [7, 11) is 0. The zero-order valence-electron chi connectivity index (χ0n) is 10.1. The number of amides is 2. The Kier molecular flexibility index (Phi) is 5.90. The molecule has 0 spiro atoms. The first-order valence-electron chi connectivity index (χ1n) is 5.73. The van der Waals surface area contributed by atoms with Crippen LogP contribution in [0.3, 0.4) is 0 Å². The molecule has 0 radical (unpaired) electrons. The molecule has 1 aliphatic rings. The molecule has 0 aromatic carbocycles. The fraction of sp³-hybridized carbons (Fsp3) is 0.800. The van der Waals surface area contributed by atoms with Gasteiger partial charge in [0, 0.05) is 19.5 Å². The lowest BCUT2D eigenvalue weighted by Crippen LogP contribution is -2.47. The van der Waals surface area contributed by atoms with Crippen LogP contribution in [0.1, 0.15) is 6.42 Å². The first-order valence-corrected chi connectivity index (χ1v) is 5.73. The molecule has 0 unspecified atom stereocenters. The number of nitrogens with one attached hydrogen (secondary N) is 1. The van der Waals surface area contributed by atoms with Crippen molar-refractivity contribution in [2.24, 2.45) is 0 Å². The van der Waals surface area contributed by atoms with Crippen molar-refractivity contribution in [2.45, 2.75) is 25.0 Å². The van der Waals surface area contributed by atoms with Crippen molar-refractivity contribution in [1.82, 2.24) is 10.2 Å². The lowest BCUT2D eigenvalue weighted by Gasteiger charge is -2.21. The van der Waals surface area contributed by atoms with Crippen LogP contribution >= 0.6 is 0 Å². The lowest BCUT2D eigenvalue weighted by atomic mass is 10.2. The molecule has 0 aromatic heterocycles.